The Labute approximate surface area is 138 Å². The Morgan fingerprint density at radius 1 is 1.26 bits per heavy atom. The Kier molecular flexibility index (Phi) is 5.53. The second-order valence-electron chi connectivity index (χ2n) is 6.06. The van der Waals surface area contributed by atoms with E-state index in [0.29, 0.717) is 13.0 Å². The van der Waals surface area contributed by atoms with Gasteiger partial charge in [0, 0.05) is 24.9 Å². The molecular weight excluding hydrogens is 288 g/mol. The fourth-order valence-corrected chi connectivity index (χ4v) is 2.55. The number of hydrogen-bond acceptors (Lipinski definition) is 3. The van der Waals surface area contributed by atoms with E-state index in [1.165, 1.54) is 5.56 Å². The van der Waals surface area contributed by atoms with Crippen LogP contribution in [0, 0.1) is 27.7 Å². The first-order chi connectivity index (χ1) is 10.9. The molecule has 2 heterocycles. The molecule has 0 saturated carbocycles. The topological polar surface area (TPSA) is 59.8 Å². The maximum atomic E-state index is 12.2. The normalized spacial score (nSPS) is 12.2. The van der Waals surface area contributed by atoms with E-state index in [4.69, 9.17) is 0 Å². The smallest absolute Gasteiger partial charge is 0.222 e. The molecule has 0 aliphatic heterocycles. The third-order valence-corrected chi connectivity index (χ3v) is 4.33. The summed E-state index contributed by atoms with van der Waals surface area (Å²) in [4.78, 5) is 16.7. The van der Waals surface area contributed by atoms with E-state index in [-0.39, 0.29) is 11.9 Å². The summed E-state index contributed by atoms with van der Waals surface area (Å²) in [6.45, 7) is 10.8. The van der Waals surface area contributed by atoms with Crippen molar-refractivity contribution < 1.29 is 4.79 Å². The summed E-state index contributed by atoms with van der Waals surface area (Å²) < 4.78 is 1.91. The highest BCUT2D eigenvalue weighted by molar-refractivity contribution is 5.76. The van der Waals surface area contributed by atoms with Gasteiger partial charge in [-0.25, -0.2) is 0 Å². The Morgan fingerprint density at radius 3 is 2.52 bits per heavy atom. The number of hydrogen-bond donors (Lipinski definition) is 1. The van der Waals surface area contributed by atoms with Crippen molar-refractivity contribution in [1.82, 2.24) is 20.1 Å². The third kappa shape index (κ3) is 4.18. The van der Waals surface area contributed by atoms with Gasteiger partial charge in [0.15, 0.2) is 0 Å². The molecule has 23 heavy (non-hydrogen) atoms. The van der Waals surface area contributed by atoms with Gasteiger partial charge in [0.2, 0.25) is 5.91 Å². The molecule has 2 rings (SSSR count). The van der Waals surface area contributed by atoms with Gasteiger partial charge in [-0.05, 0) is 51.3 Å². The zero-order valence-electron chi connectivity index (χ0n) is 14.7. The molecule has 2 aromatic rings. The van der Waals surface area contributed by atoms with Crippen LogP contribution in [0.25, 0.3) is 0 Å². The quantitative estimate of drug-likeness (QED) is 0.891. The summed E-state index contributed by atoms with van der Waals surface area (Å²) in [6.07, 6.45) is 3.08. The molecule has 1 amide bonds. The van der Waals surface area contributed by atoms with Gasteiger partial charge in [0.25, 0.3) is 0 Å². The number of aromatic nitrogens is 3. The van der Waals surface area contributed by atoms with Gasteiger partial charge in [0.05, 0.1) is 17.4 Å². The highest BCUT2D eigenvalue weighted by atomic mass is 16.1. The van der Waals surface area contributed by atoms with E-state index < -0.39 is 0 Å². The average molecular weight is 314 g/mol. The average Bonchev–Trinajstić information content (AvgIpc) is 2.78. The summed E-state index contributed by atoms with van der Waals surface area (Å²) in [5.74, 6) is 0.0319. The van der Waals surface area contributed by atoms with Crippen LogP contribution in [0.4, 0.5) is 0 Å². The number of nitrogens with one attached hydrogen (secondary N) is 1. The summed E-state index contributed by atoms with van der Waals surface area (Å²) in [5, 5.41) is 7.54. The summed E-state index contributed by atoms with van der Waals surface area (Å²) >= 11 is 0. The molecule has 0 unspecified atom stereocenters. The Hall–Kier alpha value is -2.17. The van der Waals surface area contributed by atoms with Crippen LogP contribution >= 0.6 is 0 Å². The first kappa shape index (κ1) is 17.2. The van der Waals surface area contributed by atoms with E-state index in [1.807, 2.05) is 43.8 Å². The molecule has 0 aromatic carbocycles. The van der Waals surface area contributed by atoms with Crippen LogP contribution < -0.4 is 5.32 Å². The molecule has 2 aromatic heterocycles. The molecule has 0 aliphatic carbocycles. The van der Waals surface area contributed by atoms with Crippen LogP contribution in [0.3, 0.4) is 0 Å². The second kappa shape index (κ2) is 7.40. The number of carbonyl (C=O) groups is 1. The van der Waals surface area contributed by atoms with Crippen molar-refractivity contribution in [1.29, 1.82) is 0 Å². The molecule has 1 N–H and O–H groups in total. The SMILES string of the molecule is CC[C@@H](NC(=O)CCn1nc(C)c(C)c1C)c1ccc(C)cn1. The predicted octanol–water partition coefficient (Wildman–Crippen LogP) is 3.17. The lowest BCUT2D eigenvalue weighted by Gasteiger charge is -2.17. The minimum atomic E-state index is -0.0368. The highest BCUT2D eigenvalue weighted by Gasteiger charge is 2.15. The van der Waals surface area contributed by atoms with Crippen LogP contribution in [-0.4, -0.2) is 20.7 Å². The van der Waals surface area contributed by atoms with Crippen molar-refractivity contribution in [2.24, 2.45) is 0 Å². The fourth-order valence-electron chi connectivity index (χ4n) is 2.55. The summed E-state index contributed by atoms with van der Waals surface area (Å²) in [7, 11) is 0. The molecule has 0 fully saturated rings. The largest absolute Gasteiger partial charge is 0.348 e. The molecule has 5 heteroatoms. The van der Waals surface area contributed by atoms with Crippen LogP contribution in [-0.2, 0) is 11.3 Å². The molecular formula is C18H26N4O. The van der Waals surface area contributed by atoms with Crippen LogP contribution in [0.15, 0.2) is 18.3 Å². The van der Waals surface area contributed by atoms with Crippen molar-refractivity contribution in [3.8, 4) is 0 Å². The monoisotopic (exact) mass is 314 g/mol. The van der Waals surface area contributed by atoms with Crippen molar-refractivity contribution >= 4 is 5.91 Å². The lowest BCUT2D eigenvalue weighted by molar-refractivity contribution is -0.122. The molecule has 0 radical (unpaired) electrons. The van der Waals surface area contributed by atoms with E-state index in [9.17, 15) is 4.79 Å². The van der Waals surface area contributed by atoms with E-state index in [2.05, 4.69) is 29.2 Å². The maximum absolute atomic E-state index is 12.2. The lowest BCUT2D eigenvalue weighted by atomic mass is 10.1. The highest BCUT2D eigenvalue weighted by Crippen LogP contribution is 2.15. The van der Waals surface area contributed by atoms with E-state index >= 15 is 0 Å². The van der Waals surface area contributed by atoms with Crippen molar-refractivity contribution in [3.63, 3.8) is 0 Å². The standard InChI is InChI=1S/C18H26N4O/c1-6-16(17-8-7-12(2)11-19-17)20-18(23)9-10-22-15(5)13(3)14(4)21-22/h7-8,11,16H,6,9-10H2,1-5H3,(H,20,23)/t16-/m1/s1. The van der Waals surface area contributed by atoms with Crippen LogP contribution in [0.1, 0.15) is 54.0 Å². The van der Waals surface area contributed by atoms with E-state index in [0.717, 1.165) is 29.1 Å². The van der Waals surface area contributed by atoms with Crippen LogP contribution in [0.2, 0.25) is 0 Å². The number of aryl methyl sites for hydroxylation is 3. The molecule has 0 bridgehead atoms. The first-order valence-electron chi connectivity index (χ1n) is 8.14. The van der Waals surface area contributed by atoms with Gasteiger partial charge in [-0.2, -0.15) is 5.10 Å². The first-order valence-corrected chi connectivity index (χ1v) is 8.14. The zero-order valence-corrected chi connectivity index (χ0v) is 14.7. The van der Waals surface area contributed by atoms with Crippen LogP contribution in [0.5, 0.6) is 0 Å². The maximum Gasteiger partial charge on any atom is 0.222 e. The summed E-state index contributed by atoms with van der Waals surface area (Å²) in [6, 6.07) is 3.97. The molecule has 0 aliphatic rings. The van der Waals surface area contributed by atoms with Gasteiger partial charge in [-0.3, -0.25) is 14.5 Å². The fraction of sp³-hybridized carbons (Fsp3) is 0.500. The Bertz CT molecular complexity index is 673. The molecule has 124 valence electrons. The van der Waals surface area contributed by atoms with Gasteiger partial charge in [-0.15, -0.1) is 0 Å². The number of nitrogens with zero attached hydrogens (tertiary/aromatic N) is 3. The molecule has 5 nitrogen and oxygen atoms in total. The minimum absolute atomic E-state index is 0.0319. The molecule has 0 saturated heterocycles. The zero-order chi connectivity index (χ0) is 17.0. The number of pyridine rings is 1. The lowest BCUT2D eigenvalue weighted by Crippen LogP contribution is -2.29. The van der Waals surface area contributed by atoms with Gasteiger partial charge in [-0.1, -0.05) is 13.0 Å². The number of rotatable bonds is 6. The predicted molar refractivity (Wildman–Crippen MR) is 91.2 cm³/mol. The number of carbonyl (C=O) groups excluding carboxylic acids is 1. The Morgan fingerprint density at radius 2 is 2.00 bits per heavy atom. The molecule has 1 atom stereocenters. The second-order valence-corrected chi connectivity index (χ2v) is 6.06. The third-order valence-electron chi connectivity index (χ3n) is 4.33. The van der Waals surface area contributed by atoms with Crippen molar-refractivity contribution in [2.45, 2.75) is 60.0 Å². The van der Waals surface area contributed by atoms with Gasteiger partial charge in [0.1, 0.15) is 0 Å². The minimum Gasteiger partial charge on any atom is -0.348 e. The number of amides is 1. The van der Waals surface area contributed by atoms with E-state index in [1.54, 1.807) is 0 Å². The Balaban J connectivity index is 1.95. The summed E-state index contributed by atoms with van der Waals surface area (Å²) in [5.41, 5.74) is 5.38. The molecule has 0 spiro atoms. The van der Waals surface area contributed by atoms with Gasteiger partial charge >= 0.3 is 0 Å². The van der Waals surface area contributed by atoms with Gasteiger partial charge < -0.3 is 5.32 Å². The van der Waals surface area contributed by atoms with Crippen molar-refractivity contribution in [3.05, 3.63) is 46.5 Å². The van der Waals surface area contributed by atoms with Crippen molar-refractivity contribution in [2.75, 3.05) is 0 Å².